The summed E-state index contributed by atoms with van der Waals surface area (Å²) in [7, 11) is 0. The number of hydrogen-bond donors (Lipinski definition) is 1. The number of hydrogen-bond acceptors (Lipinski definition) is 2. The first-order valence-corrected chi connectivity index (χ1v) is 8.47. The Balaban J connectivity index is 1.69. The van der Waals surface area contributed by atoms with E-state index in [9.17, 15) is 4.79 Å². The number of rotatable bonds is 4. The van der Waals surface area contributed by atoms with Crippen molar-refractivity contribution in [3.05, 3.63) is 81.6 Å². The molecule has 1 aromatic heterocycles. The van der Waals surface area contributed by atoms with Crippen molar-refractivity contribution >= 4 is 23.2 Å². The van der Waals surface area contributed by atoms with E-state index < -0.39 is 0 Å². The summed E-state index contributed by atoms with van der Waals surface area (Å²) in [5, 5.41) is 7.96. The Bertz CT molecular complexity index is 913. The van der Waals surface area contributed by atoms with Gasteiger partial charge < -0.3 is 5.32 Å². The molecule has 0 aliphatic carbocycles. The molecule has 0 aliphatic rings. The van der Waals surface area contributed by atoms with Gasteiger partial charge in [0, 0.05) is 22.0 Å². The second-order valence-corrected chi connectivity index (χ2v) is 6.61. The minimum Gasteiger partial charge on any atom is -0.322 e. The molecule has 2 aromatic carbocycles. The maximum Gasteiger partial charge on any atom is 0.255 e. The van der Waals surface area contributed by atoms with Crippen LogP contribution in [0.5, 0.6) is 0 Å². The number of nitrogens with zero attached hydrogens (tertiary/aromatic N) is 2. The molecule has 5 heteroatoms. The summed E-state index contributed by atoms with van der Waals surface area (Å²) in [6, 6.07) is 15.1. The zero-order chi connectivity index (χ0) is 18.0. The molecule has 0 bridgehead atoms. The Morgan fingerprint density at radius 2 is 1.80 bits per heavy atom. The van der Waals surface area contributed by atoms with Gasteiger partial charge in [-0.3, -0.25) is 9.48 Å². The number of carbonyl (C=O) groups excluding carboxylic acids is 1. The molecular weight excluding hydrogens is 334 g/mol. The Morgan fingerprint density at radius 1 is 1.08 bits per heavy atom. The van der Waals surface area contributed by atoms with Gasteiger partial charge in [-0.25, -0.2) is 0 Å². The Hall–Kier alpha value is -2.59. The van der Waals surface area contributed by atoms with Crippen LogP contribution in [0.1, 0.15) is 32.9 Å². The second-order valence-electron chi connectivity index (χ2n) is 6.20. The molecule has 1 heterocycles. The maximum absolute atomic E-state index is 12.4. The molecule has 0 atom stereocenters. The first kappa shape index (κ1) is 17.2. The minimum atomic E-state index is -0.155. The molecule has 3 rings (SSSR count). The van der Waals surface area contributed by atoms with Crippen molar-refractivity contribution in [3.8, 4) is 0 Å². The van der Waals surface area contributed by atoms with Gasteiger partial charge in [-0.15, -0.1) is 0 Å². The molecule has 0 aliphatic heterocycles. The van der Waals surface area contributed by atoms with Gasteiger partial charge in [0.1, 0.15) is 0 Å². The predicted molar refractivity (Wildman–Crippen MR) is 101 cm³/mol. The summed E-state index contributed by atoms with van der Waals surface area (Å²) in [5.74, 6) is -0.155. The lowest BCUT2D eigenvalue weighted by Gasteiger charge is -2.08. The third-order valence-corrected chi connectivity index (χ3v) is 4.49. The average Bonchev–Trinajstić information content (AvgIpc) is 2.89. The molecule has 0 spiro atoms. The van der Waals surface area contributed by atoms with Gasteiger partial charge in [-0.2, -0.15) is 5.10 Å². The highest BCUT2D eigenvalue weighted by atomic mass is 35.5. The lowest BCUT2D eigenvalue weighted by molar-refractivity contribution is 0.102. The van der Waals surface area contributed by atoms with Gasteiger partial charge in [0.15, 0.2) is 0 Å². The van der Waals surface area contributed by atoms with Crippen molar-refractivity contribution in [2.45, 2.75) is 27.3 Å². The number of aryl methyl sites for hydroxylation is 3. The summed E-state index contributed by atoms with van der Waals surface area (Å²) in [6.07, 6.45) is 0. The van der Waals surface area contributed by atoms with Crippen LogP contribution in [-0.2, 0) is 6.54 Å². The first-order valence-electron chi connectivity index (χ1n) is 8.10. The van der Waals surface area contributed by atoms with Crippen LogP contribution in [0.3, 0.4) is 0 Å². The van der Waals surface area contributed by atoms with Crippen LogP contribution in [-0.4, -0.2) is 15.7 Å². The molecule has 0 radical (unpaired) electrons. The quantitative estimate of drug-likeness (QED) is 0.734. The number of halogens is 1. The maximum atomic E-state index is 12.4. The summed E-state index contributed by atoms with van der Waals surface area (Å²) >= 11 is 6.10. The molecule has 0 saturated carbocycles. The van der Waals surface area contributed by atoms with E-state index in [4.69, 9.17) is 11.6 Å². The van der Waals surface area contributed by atoms with Gasteiger partial charge >= 0.3 is 0 Å². The standard InChI is InChI=1S/C20H20ClN3O/c1-13-4-9-18(11-19(13)21)22-20(25)17-7-5-16(6-8-17)12-24-15(3)10-14(2)23-24/h4-11H,12H2,1-3H3,(H,22,25). The van der Waals surface area contributed by atoms with E-state index in [2.05, 4.69) is 16.5 Å². The highest BCUT2D eigenvalue weighted by molar-refractivity contribution is 6.31. The van der Waals surface area contributed by atoms with Crippen molar-refractivity contribution < 1.29 is 4.79 Å². The van der Waals surface area contributed by atoms with Gasteiger partial charge in [-0.1, -0.05) is 29.8 Å². The number of anilines is 1. The summed E-state index contributed by atoms with van der Waals surface area (Å²) in [5.41, 5.74) is 5.50. The molecule has 0 fully saturated rings. The molecule has 25 heavy (non-hydrogen) atoms. The molecule has 0 saturated heterocycles. The third kappa shape index (κ3) is 4.09. The van der Waals surface area contributed by atoms with Crippen molar-refractivity contribution in [2.75, 3.05) is 5.32 Å². The zero-order valence-corrected chi connectivity index (χ0v) is 15.3. The second kappa shape index (κ2) is 7.11. The monoisotopic (exact) mass is 353 g/mol. The van der Waals surface area contributed by atoms with Gasteiger partial charge in [0.25, 0.3) is 5.91 Å². The third-order valence-electron chi connectivity index (χ3n) is 4.08. The number of carbonyl (C=O) groups is 1. The first-order chi connectivity index (χ1) is 11.9. The summed E-state index contributed by atoms with van der Waals surface area (Å²) < 4.78 is 1.96. The smallest absolute Gasteiger partial charge is 0.255 e. The van der Waals surface area contributed by atoms with Crippen LogP contribution in [0, 0.1) is 20.8 Å². The summed E-state index contributed by atoms with van der Waals surface area (Å²) in [4.78, 5) is 12.4. The Labute approximate surface area is 152 Å². The van der Waals surface area contributed by atoms with Crippen LogP contribution in [0.2, 0.25) is 5.02 Å². The van der Waals surface area contributed by atoms with Gasteiger partial charge in [-0.05, 0) is 62.2 Å². The van der Waals surface area contributed by atoms with Crippen molar-refractivity contribution in [2.24, 2.45) is 0 Å². The van der Waals surface area contributed by atoms with E-state index in [1.165, 1.54) is 0 Å². The Kier molecular flexibility index (Phi) is 4.91. The minimum absolute atomic E-state index is 0.155. The van der Waals surface area contributed by atoms with Gasteiger partial charge in [0.2, 0.25) is 0 Å². The van der Waals surface area contributed by atoms with Gasteiger partial charge in [0.05, 0.1) is 12.2 Å². The normalized spacial score (nSPS) is 10.7. The molecule has 1 amide bonds. The fraction of sp³-hybridized carbons (Fsp3) is 0.200. The van der Waals surface area contributed by atoms with Crippen molar-refractivity contribution in [1.29, 1.82) is 0 Å². The number of amides is 1. The van der Waals surface area contributed by atoms with E-state index in [0.717, 1.165) is 22.5 Å². The van der Waals surface area contributed by atoms with Crippen LogP contribution >= 0.6 is 11.6 Å². The highest BCUT2D eigenvalue weighted by Gasteiger charge is 2.08. The number of aromatic nitrogens is 2. The van der Waals surface area contributed by atoms with E-state index in [0.29, 0.717) is 22.8 Å². The fourth-order valence-corrected chi connectivity index (χ4v) is 2.82. The molecule has 0 unspecified atom stereocenters. The van der Waals surface area contributed by atoms with Crippen LogP contribution in [0.4, 0.5) is 5.69 Å². The lowest BCUT2D eigenvalue weighted by atomic mass is 10.1. The van der Waals surface area contributed by atoms with E-state index in [-0.39, 0.29) is 5.91 Å². The molecule has 128 valence electrons. The highest BCUT2D eigenvalue weighted by Crippen LogP contribution is 2.20. The lowest BCUT2D eigenvalue weighted by Crippen LogP contribution is -2.12. The zero-order valence-electron chi connectivity index (χ0n) is 14.5. The largest absolute Gasteiger partial charge is 0.322 e. The molecule has 3 aromatic rings. The van der Waals surface area contributed by atoms with E-state index in [1.807, 2.05) is 61.9 Å². The number of nitrogens with one attached hydrogen (secondary N) is 1. The van der Waals surface area contributed by atoms with Crippen LogP contribution < -0.4 is 5.32 Å². The Morgan fingerprint density at radius 3 is 2.40 bits per heavy atom. The molecular formula is C20H20ClN3O. The van der Waals surface area contributed by atoms with Crippen molar-refractivity contribution in [3.63, 3.8) is 0 Å². The summed E-state index contributed by atoms with van der Waals surface area (Å²) in [6.45, 7) is 6.63. The fourth-order valence-electron chi connectivity index (χ4n) is 2.64. The van der Waals surface area contributed by atoms with E-state index >= 15 is 0 Å². The van der Waals surface area contributed by atoms with Crippen LogP contribution in [0.15, 0.2) is 48.5 Å². The van der Waals surface area contributed by atoms with E-state index in [1.54, 1.807) is 6.07 Å². The molecule has 4 nitrogen and oxygen atoms in total. The topological polar surface area (TPSA) is 46.9 Å². The molecule has 1 N–H and O–H groups in total. The predicted octanol–water partition coefficient (Wildman–Crippen LogP) is 4.76. The van der Waals surface area contributed by atoms with Crippen molar-refractivity contribution in [1.82, 2.24) is 9.78 Å². The average molecular weight is 354 g/mol. The van der Waals surface area contributed by atoms with Crippen LogP contribution in [0.25, 0.3) is 0 Å². The SMILES string of the molecule is Cc1cc(C)n(Cc2ccc(C(=O)Nc3ccc(C)c(Cl)c3)cc2)n1. The number of benzene rings is 2.